The van der Waals surface area contributed by atoms with Crippen molar-refractivity contribution in [3.8, 4) is 33.2 Å². The first-order valence-corrected chi connectivity index (χ1v) is 10.9. The zero-order valence-corrected chi connectivity index (χ0v) is 19.1. The van der Waals surface area contributed by atoms with Gasteiger partial charge in [-0.25, -0.2) is 9.98 Å². The molecule has 7 nitrogen and oxygen atoms in total. The number of nitro groups is 1. The van der Waals surface area contributed by atoms with Crippen molar-refractivity contribution in [2.45, 2.75) is 6.92 Å². The number of aromatic nitrogens is 1. The summed E-state index contributed by atoms with van der Waals surface area (Å²) in [7, 11) is 3.18. The average Bonchev–Trinajstić information content (AvgIpc) is 3.27. The number of rotatable bonds is 7. The standard InChI is InChI=1S/C25H21N3O4S/c1-16-4-7-18(8-5-16)23-24(19-9-11-20(12-10-19)28(29)30)33-25(27-23)26-15-17-6-13-21(31-2)22(14-17)32-3/h4-15H,1-3H3. The molecule has 0 radical (unpaired) electrons. The van der Waals surface area contributed by atoms with Crippen LogP contribution in [0, 0.1) is 17.0 Å². The van der Waals surface area contributed by atoms with Gasteiger partial charge in [0.25, 0.3) is 5.69 Å². The van der Waals surface area contributed by atoms with Crippen molar-refractivity contribution in [1.82, 2.24) is 4.98 Å². The SMILES string of the molecule is COc1ccc(C=Nc2nc(-c3ccc(C)cc3)c(-c3ccc([N+](=O)[O-])cc3)s2)cc1OC. The molecular weight excluding hydrogens is 438 g/mol. The summed E-state index contributed by atoms with van der Waals surface area (Å²) in [6.45, 7) is 2.03. The van der Waals surface area contributed by atoms with E-state index in [2.05, 4.69) is 4.99 Å². The number of hydrogen-bond donors (Lipinski definition) is 0. The number of methoxy groups -OCH3 is 2. The molecular formula is C25H21N3O4S. The Balaban J connectivity index is 1.74. The van der Waals surface area contributed by atoms with Crippen molar-refractivity contribution in [3.05, 3.63) is 88.0 Å². The molecule has 0 unspecified atom stereocenters. The highest BCUT2D eigenvalue weighted by molar-refractivity contribution is 7.19. The van der Waals surface area contributed by atoms with Crippen LogP contribution in [0.25, 0.3) is 21.7 Å². The third kappa shape index (κ3) is 4.91. The Morgan fingerprint density at radius 1 is 0.939 bits per heavy atom. The van der Waals surface area contributed by atoms with Crippen molar-refractivity contribution in [3.63, 3.8) is 0 Å². The number of thiazole rings is 1. The molecule has 0 spiro atoms. The third-order valence-electron chi connectivity index (χ3n) is 5.01. The zero-order valence-electron chi connectivity index (χ0n) is 18.3. The molecule has 0 fully saturated rings. The van der Waals surface area contributed by atoms with E-state index in [0.29, 0.717) is 16.6 Å². The molecule has 0 aliphatic rings. The molecule has 0 amide bonds. The number of ether oxygens (including phenoxy) is 2. The highest BCUT2D eigenvalue weighted by Crippen LogP contribution is 2.40. The monoisotopic (exact) mass is 459 g/mol. The molecule has 33 heavy (non-hydrogen) atoms. The maximum atomic E-state index is 11.0. The van der Waals surface area contributed by atoms with E-state index in [1.54, 1.807) is 32.6 Å². The minimum atomic E-state index is -0.407. The van der Waals surface area contributed by atoms with Gasteiger partial charge in [-0.2, -0.15) is 0 Å². The molecule has 0 N–H and O–H groups in total. The van der Waals surface area contributed by atoms with Gasteiger partial charge < -0.3 is 9.47 Å². The van der Waals surface area contributed by atoms with Crippen LogP contribution in [0.4, 0.5) is 10.8 Å². The molecule has 0 atom stereocenters. The lowest BCUT2D eigenvalue weighted by Crippen LogP contribution is -1.91. The first-order valence-electron chi connectivity index (χ1n) is 10.1. The Labute approximate surface area is 195 Å². The van der Waals surface area contributed by atoms with Crippen LogP contribution >= 0.6 is 11.3 Å². The van der Waals surface area contributed by atoms with Crippen LogP contribution in [-0.4, -0.2) is 30.3 Å². The second-order valence-corrected chi connectivity index (χ2v) is 8.19. The molecule has 0 bridgehead atoms. The first-order chi connectivity index (χ1) is 16.0. The fourth-order valence-corrected chi connectivity index (χ4v) is 4.20. The van der Waals surface area contributed by atoms with Crippen molar-refractivity contribution in [2.24, 2.45) is 4.99 Å². The van der Waals surface area contributed by atoms with Gasteiger partial charge in [0.2, 0.25) is 5.13 Å². The fraction of sp³-hybridized carbons (Fsp3) is 0.120. The Hall–Kier alpha value is -4.04. The topological polar surface area (TPSA) is 86.9 Å². The minimum absolute atomic E-state index is 0.0480. The van der Waals surface area contributed by atoms with Crippen molar-refractivity contribution < 1.29 is 14.4 Å². The number of nitrogens with zero attached hydrogens (tertiary/aromatic N) is 3. The van der Waals surface area contributed by atoms with E-state index in [1.807, 2.05) is 49.4 Å². The van der Waals surface area contributed by atoms with Gasteiger partial charge in [-0.1, -0.05) is 41.2 Å². The molecule has 1 heterocycles. The Kier molecular flexibility index (Phi) is 6.46. The summed E-state index contributed by atoms with van der Waals surface area (Å²) in [4.78, 5) is 20.9. The Bertz CT molecular complexity index is 1310. The van der Waals surface area contributed by atoms with Crippen LogP contribution < -0.4 is 9.47 Å². The van der Waals surface area contributed by atoms with E-state index in [1.165, 1.54) is 23.5 Å². The number of benzene rings is 3. The highest BCUT2D eigenvalue weighted by Gasteiger charge is 2.16. The quantitative estimate of drug-likeness (QED) is 0.180. The summed E-state index contributed by atoms with van der Waals surface area (Å²) in [6, 6.07) is 20.1. The average molecular weight is 460 g/mol. The lowest BCUT2D eigenvalue weighted by atomic mass is 10.1. The summed E-state index contributed by atoms with van der Waals surface area (Å²) in [6.07, 6.45) is 1.72. The predicted molar refractivity (Wildman–Crippen MR) is 131 cm³/mol. The van der Waals surface area contributed by atoms with Gasteiger partial charge in [0.05, 0.1) is 29.7 Å². The molecule has 0 saturated carbocycles. The van der Waals surface area contributed by atoms with Crippen LogP contribution in [0.3, 0.4) is 0 Å². The molecule has 0 saturated heterocycles. The van der Waals surface area contributed by atoms with E-state index < -0.39 is 4.92 Å². The summed E-state index contributed by atoms with van der Waals surface area (Å²) in [5.74, 6) is 1.26. The van der Waals surface area contributed by atoms with Crippen molar-refractivity contribution in [2.75, 3.05) is 14.2 Å². The van der Waals surface area contributed by atoms with E-state index in [0.717, 1.165) is 32.8 Å². The Morgan fingerprint density at radius 3 is 2.24 bits per heavy atom. The van der Waals surface area contributed by atoms with Gasteiger partial charge in [-0.3, -0.25) is 10.1 Å². The summed E-state index contributed by atoms with van der Waals surface area (Å²) < 4.78 is 10.6. The number of hydrogen-bond acceptors (Lipinski definition) is 7. The number of aliphatic imine (C=N–C) groups is 1. The van der Waals surface area contributed by atoms with Crippen LogP contribution in [0.1, 0.15) is 11.1 Å². The van der Waals surface area contributed by atoms with E-state index in [4.69, 9.17) is 14.5 Å². The first kappa shape index (κ1) is 22.2. The van der Waals surface area contributed by atoms with Crippen LogP contribution in [0.15, 0.2) is 71.7 Å². The molecule has 4 rings (SSSR count). The second kappa shape index (κ2) is 9.62. The molecule has 3 aromatic carbocycles. The number of nitro benzene ring substituents is 1. The zero-order chi connectivity index (χ0) is 23.4. The molecule has 0 aliphatic carbocycles. The van der Waals surface area contributed by atoms with Crippen LogP contribution in [0.2, 0.25) is 0 Å². The summed E-state index contributed by atoms with van der Waals surface area (Å²) >= 11 is 1.43. The van der Waals surface area contributed by atoms with Crippen LogP contribution in [-0.2, 0) is 0 Å². The molecule has 0 aliphatic heterocycles. The molecule has 8 heteroatoms. The van der Waals surface area contributed by atoms with Crippen molar-refractivity contribution in [1.29, 1.82) is 0 Å². The summed E-state index contributed by atoms with van der Waals surface area (Å²) in [5, 5.41) is 11.6. The van der Waals surface area contributed by atoms with Gasteiger partial charge >= 0.3 is 0 Å². The van der Waals surface area contributed by atoms with E-state index in [9.17, 15) is 10.1 Å². The lowest BCUT2D eigenvalue weighted by Gasteiger charge is -2.07. The fourth-order valence-electron chi connectivity index (χ4n) is 3.26. The second-order valence-electron chi connectivity index (χ2n) is 7.22. The predicted octanol–water partition coefficient (Wildman–Crippen LogP) is 6.46. The third-order valence-corrected chi connectivity index (χ3v) is 6.03. The molecule has 166 valence electrons. The van der Waals surface area contributed by atoms with Gasteiger partial charge in [-0.05, 0) is 48.4 Å². The lowest BCUT2D eigenvalue weighted by molar-refractivity contribution is -0.384. The highest BCUT2D eigenvalue weighted by atomic mass is 32.1. The number of aryl methyl sites for hydroxylation is 1. The number of non-ortho nitro benzene ring substituents is 1. The van der Waals surface area contributed by atoms with Crippen molar-refractivity contribution >= 4 is 28.4 Å². The smallest absolute Gasteiger partial charge is 0.269 e. The van der Waals surface area contributed by atoms with Gasteiger partial charge in [0, 0.05) is 23.9 Å². The van der Waals surface area contributed by atoms with E-state index in [-0.39, 0.29) is 5.69 Å². The largest absolute Gasteiger partial charge is 0.493 e. The molecule has 4 aromatic rings. The van der Waals surface area contributed by atoms with Crippen LogP contribution in [0.5, 0.6) is 11.5 Å². The van der Waals surface area contributed by atoms with Gasteiger partial charge in [-0.15, -0.1) is 0 Å². The maximum absolute atomic E-state index is 11.0. The Morgan fingerprint density at radius 2 is 1.61 bits per heavy atom. The summed E-state index contributed by atoms with van der Waals surface area (Å²) in [5.41, 5.74) is 4.63. The normalized spacial score (nSPS) is 11.0. The van der Waals surface area contributed by atoms with Gasteiger partial charge in [0.15, 0.2) is 11.5 Å². The maximum Gasteiger partial charge on any atom is 0.269 e. The minimum Gasteiger partial charge on any atom is -0.493 e. The molecule has 1 aromatic heterocycles. The van der Waals surface area contributed by atoms with E-state index >= 15 is 0 Å². The van der Waals surface area contributed by atoms with Gasteiger partial charge in [0.1, 0.15) is 0 Å².